The number of carbonyl (C=O) groups is 2. The van der Waals surface area contributed by atoms with Gasteiger partial charge in [0.15, 0.2) is 5.76 Å². The Balaban J connectivity index is 1.26. The molecule has 4 rings (SSSR count). The number of rotatable bonds is 8. The highest BCUT2D eigenvalue weighted by Gasteiger charge is 2.09. The number of pyridine rings is 1. The zero-order chi connectivity index (χ0) is 20.8. The third-order valence-electron chi connectivity index (χ3n) is 4.30. The van der Waals surface area contributed by atoms with Crippen LogP contribution in [0.1, 0.15) is 22.7 Å². The van der Waals surface area contributed by atoms with E-state index in [4.69, 9.17) is 9.15 Å². The number of hydrogen-bond donors (Lipinski definition) is 2. The molecule has 4 aromatic rings. The Kier molecular flexibility index (Phi) is 5.75. The molecule has 8 heteroatoms. The highest BCUT2D eigenvalue weighted by molar-refractivity contribution is 5.93. The number of nitrogens with zero attached hydrogens (tertiary/aromatic N) is 2. The largest absolute Gasteiger partial charge is 0.487 e. The molecule has 0 aliphatic rings. The zero-order valence-corrected chi connectivity index (χ0v) is 16.1. The first kappa shape index (κ1) is 19.3. The molecule has 2 N–H and O–H groups in total. The standard InChI is InChI=1S/C22H20N4O4/c27-21(9-10-23-22(28)19-7-4-12-29-19)25-16-5-3-6-18(13-16)30-15-17-14-26-11-2-1-8-20(26)24-17/h1-8,11-14H,9-10,15H2,(H,23,28)(H,25,27). The van der Waals surface area contributed by atoms with Gasteiger partial charge in [0.2, 0.25) is 5.91 Å². The van der Waals surface area contributed by atoms with Gasteiger partial charge in [-0.25, -0.2) is 4.98 Å². The van der Waals surface area contributed by atoms with E-state index >= 15 is 0 Å². The molecule has 3 heterocycles. The third-order valence-corrected chi connectivity index (χ3v) is 4.30. The van der Waals surface area contributed by atoms with Crippen molar-refractivity contribution in [3.8, 4) is 5.75 Å². The monoisotopic (exact) mass is 404 g/mol. The number of anilines is 1. The van der Waals surface area contributed by atoms with Crippen LogP contribution >= 0.6 is 0 Å². The van der Waals surface area contributed by atoms with E-state index in [1.807, 2.05) is 41.1 Å². The third kappa shape index (κ3) is 4.85. The molecule has 0 atom stereocenters. The number of fused-ring (bicyclic) bond motifs is 1. The number of hydrogen-bond acceptors (Lipinski definition) is 5. The van der Waals surface area contributed by atoms with Crippen LogP contribution in [-0.2, 0) is 11.4 Å². The first-order valence-corrected chi connectivity index (χ1v) is 9.44. The van der Waals surface area contributed by atoms with Gasteiger partial charge in [-0.1, -0.05) is 12.1 Å². The first-order chi connectivity index (χ1) is 14.7. The molecule has 0 saturated heterocycles. The van der Waals surface area contributed by atoms with Crippen LogP contribution in [0.3, 0.4) is 0 Å². The molecule has 2 amide bonds. The van der Waals surface area contributed by atoms with Gasteiger partial charge in [-0.3, -0.25) is 9.59 Å². The van der Waals surface area contributed by atoms with E-state index in [9.17, 15) is 9.59 Å². The molecule has 30 heavy (non-hydrogen) atoms. The van der Waals surface area contributed by atoms with Crippen LogP contribution in [0.15, 0.2) is 77.7 Å². The van der Waals surface area contributed by atoms with Gasteiger partial charge in [0.1, 0.15) is 18.0 Å². The number of carbonyl (C=O) groups excluding carboxylic acids is 2. The van der Waals surface area contributed by atoms with E-state index in [1.165, 1.54) is 6.26 Å². The topological polar surface area (TPSA) is 97.9 Å². The minimum absolute atomic E-state index is 0.138. The van der Waals surface area contributed by atoms with Crippen LogP contribution < -0.4 is 15.4 Å². The van der Waals surface area contributed by atoms with Crippen molar-refractivity contribution in [2.45, 2.75) is 13.0 Å². The highest BCUT2D eigenvalue weighted by atomic mass is 16.5. The van der Waals surface area contributed by atoms with Crippen LogP contribution in [0.5, 0.6) is 5.75 Å². The Hall–Kier alpha value is -4.07. The van der Waals surface area contributed by atoms with Crippen LogP contribution in [0.4, 0.5) is 5.69 Å². The Morgan fingerprint density at radius 1 is 1.10 bits per heavy atom. The normalized spacial score (nSPS) is 10.7. The Labute approximate surface area is 172 Å². The highest BCUT2D eigenvalue weighted by Crippen LogP contribution is 2.19. The second kappa shape index (κ2) is 8.95. The van der Waals surface area contributed by atoms with Crippen molar-refractivity contribution in [3.63, 3.8) is 0 Å². The number of furan rings is 1. The summed E-state index contributed by atoms with van der Waals surface area (Å²) in [4.78, 5) is 28.4. The number of aromatic nitrogens is 2. The van der Waals surface area contributed by atoms with Crippen LogP contribution in [0, 0.1) is 0 Å². The maximum atomic E-state index is 12.1. The Bertz CT molecular complexity index is 1120. The van der Waals surface area contributed by atoms with Gasteiger partial charge in [-0.05, 0) is 36.4 Å². The van der Waals surface area contributed by atoms with Crippen molar-refractivity contribution in [2.75, 3.05) is 11.9 Å². The molecule has 0 aliphatic heterocycles. The minimum Gasteiger partial charge on any atom is -0.487 e. The predicted molar refractivity (Wildman–Crippen MR) is 110 cm³/mol. The molecule has 8 nitrogen and oxygen atoms in total. The van der Waals surface area contributed by atoms with Crippen LogP contribution in [-0.4, -0.2) is 27.7 Å². The molecule has 0 aliphatic carbocycles. The smallest absolute Gasteiger partial charge is 0.286 e. The second-order valence-corrected chi connectivity index (χ2v) is 6.55. The van der Waals surface area contributed by atoms with Crippen LogP contribution in [0.2, 0.25) is 0 Å². The van der Waals surface area contributed by atoms with E-state index in [2.05, 4.69) is 15.6 Å². The number of nitrogens with one attached hydrogen (secondary N) is 2. The fraction of sp³-hybridized carbons (Fsp3) is 0.136. The van der Waals surface area contributed by atoms with E-state index in [1.54, 1.807) is 30.3 Å². The van der Waals surface area contributed by atoms with E-state index in [-0.39, 0.29) is 30.5 Å². The molecule has 0 unspecified atom stereocenters. The SMILES string of the molecule is O=C(CCNC(=O)c1ccco1)Nc1cccc(OCc2cn3ccccc3n2)c1. The maximum absolute atomic E-state index is 12.1. The van der Waals surface area contributed by atoms with Crippen molar-refractivity contribution >= 4 is 23.1 Å². The summed E-state index contributed by atoms with van der Waals surface area (Å²) < 4.78 is 12.7. The fourth-order valence-electron chi connectivity index (χ4n) is 2.89. The second-order valence-electron chi connectivity index (χ2n) is 6.55. The summed E-state index contributed by atoms with van der Waals surface area (Å²) in [6.45, 7) is 0.521. The zero-order valence-electron chi connectivity index (χ0n) is 16.1. The summed E-state index contributed by atoms with van der Waals surface area (Å²) in [5.41, 5.74) is 2.28. The Morgan fingerprint density at radius 3 is 2.87 bits per heavy atom. The van der Waals surface area contributed by atoms with Gasteiger partial charge in [-0.15, -0.1) is 0 Å². The van der Waals surface area contributed by atoms with E-state index in [0.717, 1.165) is 11.3 Å². The average molecular weight is 404 g/mol. The van der Waals surface area contributed by atoms with Crippen LogP contribution in [0.25, 0.3) is 5.65 Å². The number of imidazole rings is 1. The molecule has 3 aromatic heterocycles. The van der Waals surface area contributed by atoms with Gasteiger partial charge in [0, 0.05) is 37.1 Å². The molecular formula is C22H20N4O4. The van der Waals surface area contributed by atoms with Gasteiger partial charge >= 0.3 is 0 Å². The summed E-state index contributed by atoms with van der Waals surface area (Å²) >= 11 is 0. The molecule has 1 aromatic carbocycles. The summed E-state index contributed by atoms with van der Waals surface area (Å²) in [5, 5.41) is 5.43. The average Bonchev–Trinajstić information content (AvgIpc) is 3.42. The Morgan fingerprint density at radius 2 is 2.03 bits per heavy atom. The van der Waals surface area contributed by atoms with Crippen molar-refractivity contribution in [2.24, 2.45) is 0 Å². The lowest BCUT2D eigenvalue weighted by Gasteiger charge is -2.09. The lowest BCUT2D eigenvalue weighted by atomic mass is 10.3. The summed E-state index contributed by atoms with van der Waals surface area (Å²) in [7, 11) is 0. The molecule has 0 spiro atoms. The predicted octanol–water partition coefficient (Wildman–Crippen LogP) is 3.26. The molecule has 0 radical (unpaired) electrons. The van der Waals surface area contributed by atoms with Gasteiger partial charge in [-0.2, -0.15) is 0 Å². The molecular weight excluding hydrogens is 384 g/mol. The summed E-state index contributed by atoms with van der Waals surface area (Å²) in [6.07, 6.45) is 5.40. The van der Waals surface area contributed by atoms with Gasteiger partial charge in [0.25, 0.3) is 5.91 Å². The van der Waals surface area contributed by atoms with Gasteiger partial charge < -0.3 is 24.2 Å². The van der Waals surface area contributed by atoms with Crippen molar-refractivity contribution in [3.05, 3.63) is 84.7 Å². The van der Waals surface area contributed by atoms with E-state index < -0.39 is 0 Å². The quantitative estimate of drug-likeness (QED) is 0.470. The minimum atomic E-state index is -0.352. The first-order valence-electron chi connectivity index (χ1n) is 9.44. The number of ether oxygens (including phenoxy) is 1. The summed E-state index contributed by atoms with van der Waals surface area (Å²) in [5.74, 6) is 0.268. The lowest BCUT2D eigenvalue weighted by Crippen LogP contribution is -2.27. The number of amides is 2. The van der Waals surface area contributed by atoms with Crippen molar-refractivity contribution in [1.82, 2.24) is 14.7 Å². The van der Waals surface area contributed by atoms with Crippen molar-refractivity contribution < 1.29 is 18.7 Å². The molecule has 152 valence electrons. The summed E-state index contributed by atoms with van der Waals surface area (Å²) in [6, 6.07) is 16.1. The maximum Gasteiger partial charge on any atom is 0.286 e. The molecule has 0 bridgehead atoms. The fourth-order valence-corrected chi connectivity index (χ4v) is 2.89. The van der Waals surface area contributed by atoms with E-state index in [0.29, 0.717) is 18.0 Å². The molecule has 0 saturated carbocycles. The lowest BCUT2D eigenvalue weighted by molar-refractivity contribution is -0.116. The number of benzene rings is 1. The van der Waals surface area contributed by atoms with Gasteiger partial charge in [0.05, 0.1) is 12.0 Å². The van der Waals surface area contributed by atoms with Crippen molar-refractivity contribution in [1.29, 1.82) is 0 Å². The molecule has 0 fully saturated rings.